The van der Waals surface area contributed by atoms with Crippen molar-refractivity contribution >= 4 is 16.0 Å². The highest BCUT2D eigenvalue weighted by Gasteiger charge is 2.27. The molecular formula is C16H29N3O4S. The fourth-order valence-corrected chi connectivity index (χ4v) is 4.20. The van der Waals surface area contributed by atoms with Crippen molar-refractivity contribution < 1.29 is 18.3 Å². The summed E-state index contributed by atoms with van der Waals surface area (Å²) in [5.41, 5.74) is 1.00. The number of nitrogens with one attached hydrogen (secondary N) is 1. The topological polar surface area (TPSA) is 101 Å². The van der Waals surface area contributed by atoms with Gasteiger partial charge in [-0.05, 0) is 32.1 Å². The summed E-state index contributed by atoms with van der Waals surface area (Å²) in [6.07, 6.45) is 0.419. The average molecular weight is 359 g/mol. The Bertz CT molecular complexity index is 678. The van der Waals surface area contributed by atoms with E-state index in [0.717, 1.165) is 0 Å². The molecule has 7 nitrogen and oxygen atoms in total. The standard InChI is InChI=1S/C16H29N3O4S/c1-10(2)7-14(16(20)21)8-17-24(22,23)15-12(5)18-19(13(15)6)9-11(3)4/h10-11,14,17H,7-9H2,1-6H3,(H,20,21). The Morgan fingerprint density at radius 3 is 2.25 bits per heavy atom. The lowest BCUT2D eigenvalue weighted by Gasteiger charge is -2.15. The largest absolute Gasteiger partial charge is 0.481 e. The third-order valence-corrected chi connectivity index (χ3v) is 5.42. The highest BCUT2D eigenvalue weighted by atomic mass is 32.2. The first-order chi connectivity index (χ1) is 11.0. The molecule has 0 aliphatic carbocycles. The van der Waals surface area contributed by atoms with Crippen LogP contribution < -0.4 is 4.72 Å². The van der Waals surface area contributed by atoms with Crippen LogP contribution in [0.4, 0.5) is 0 Å². The Morgan fingerprint density at radius 1 is 1.21 bits per heavy atom. The normalized spacial score (nSPS) is 13.7. The monoisotopic (exact) mass is 359 g/mol. The second-order valence-electron chi connectivity index (χ2n) is 7.09. The summed E-state index contributed by atoms with van der Waals surface area (Å²) < 4.78 is 29.4. The molecule has 2 N–H and O–H groups in total. The Kier molecular flexibility index (Phi) is 6.97. The van der Waals surface area contributed by atoms with Crippen LogP contribution in [0.1, 0.15) is 45.5 Å². The highest BCUT2D eigenvalue weighted by Crippen LogP contribution is 2.21. The van der Waals surface area contributed by atoms with Crippen LogP contribution in [-0.2, 0) is 21.4 Å². The number of sulfonamides is 1. The van der Waals surface area contributed by atoms with Gasteiger partial charge >= 0.3 is 5.97 Å². The number of rotatable bonds is 9. The van der Waals surface area contributed by atoms with E-state index in [4.69, 9.17) is 0 Å². The molecule has 0 saturated heterocycles. The van der Waals surface area contributed by atoms with Crippen molar-refractivity contribution in [3.63, 3.8) is 0 Å². The van der Waals surface area contributed by atoms with Crippen LogP contribution in [0.25, 0.3) is 0 Å². The van der Waals surface area contributed by atoms with Crippen LogP contribution in [0.3, 0.4) is 0 Å². The van der Waals surface area contributed by atoms with Crippen molar-refractivity contribution in [1.82, 2.24) is 14.5 Å². The summed E-state index contributed by atoms with van der Waals surface area (Å²) in [6.45, 7) is 11.8. The summed E-state index contributed by atoms with van der Waals surface area (Å²) in [5, 5.41) is 13.6. The molecule has 0 aliphatic heterocycles. The Balaban J connectivity index is 3.00. The van der Waals surface area contributed by atoms with E-state index >= 15 is 0 Å². The maximum absolute atomic E-state index is 12.6. The molecule has 1 rings (SSSR count). The molecule has 1 aromatic rings. The van der Waals surface area contributed by atoms with Gasteiger partial charge < -0.3 is 5.11 Å². The number of nitrogens with zero attached hydrogens (tertiary/aromatic N) is 2. The van der Waals surface area contributed by atoms with Gasteiger partial charge in [-0.3, -0.25) is 9.48 Å². The number of carboxylic acid groups (broad SMARTS) is 1. The maximum atomic E-state index is 12.6. The Morgan fingerprint density at radius 2 is 1.79 bits per heavy atom. The highest BCUT2D eigenvalue weighted by molar-refractivity contribution is 7.89. The summed E-state index contributed by atoms with van der Waals surface area (Å²) in [7, 11) is -3.80. The third-order valence-electron chi connectivity index (χ3n) is 3.75. The van der Waals surface area contributed by atoms with E-state index in [1.165, 1.54) is 0 Å². The predicted molar refractivity (Wildman–Crippen MR) is 92.3 cm³/mol. The van der Waals surface area contributed by atoms with Gasteiger partial charge in [-0.1, -0.05) is 27.7 Å². The van der Waals surface area contributed by atoms with Gasteiger partial charge in [0.05, 0.1) is 17.3 Å². The van der Waals surface area contributed by atoms with Gasteiger partial charge in [0.2, 0.25) is 10.0 Å². The van der Waals surface area contributed by atoms with Crippen LogP contribution in [0.15, 0.2) is 4.90 Å². The maximum Gasteiger partial charge on any atom is 0.307 e. The zero-order chi connectivity index (χ0) is 18.7. The summed E-state index contributed by atoms with van der Waals surface area (Å²) in [5.74, 6) is -1.22. The minimum Gasteiger partial charge on any atom is -0.481 e. The molecule has 0 saturated carbocycles. The molecule has 1 atom stereocenters. The molecule has 1 aromatic heterocycles. The number of aryl methyl sites for hydroxylation is 1. The SMILES string of the molecule is Cc1nn(CC(C)C)c(C)c1S(=O)(=O)NCC(CC(C)C)C(=O)O. The van der Waals surface area contributed by atoms with Gasteiger partial charge in [-0.15, -0.1) is 0 Å². The van der Waals surface area contributed by atoms with Crippen LogP contribution in [0, 0.1) is 31.6 Å². The van der Waals surface area contributed by atoms with E-state index in [9.17, 15) is 18.3 Å². The molecule has 1 heterocycles. The number of hydrogen-bond acceptors (Lipinski definition) is 4. The first kappa shape index (κ1) is 20.6. The minimum atomic E-state index is -3.80. The lowest BCUT2D eigenvalue weighted by Crippen LogP contribution is -2.34. The van der Waals surface area contributed by atoms with Crippen LogP contribution in [-0.4, -0.2) is 35.8 Å². The van der Waals surface area contributed by atoms with Crippen molar-refractivity contribution in [1.29, 1.82) is 0 Å². The van der Waals surface area contributed by atoms with E-state index in [0.29, 0.717) is 30.3 Å². The van der Waals surface area contributed by atoms with Crippen molar-refractivity contribution in [3.05, 3.63) is 11.4 Å². The second kappa shape index (κ2) is 8.11. The van der Waals surface area contributed by atoms with E-state index in [2.05, 4.69) is 9.82 Å². The molecule has 0 aromatic carbocycles. The molecule has 0 spiro atoms. The second-order valence-corrected chi connectivity index (χ2v) is 8.80. The molecule has 0 amide bonds. The smallest absolute Gasteiger partial charge is 0.307 e. The predicted octanol–water partition coefficient (Wildman–Crippen LogP) is 2.18. The Labute approximate surface area is 144 Å². The van der Waals surface area contributed by atoms with Crippen molar-refractivity contribution in [3.8, 4) is 0 Å². The van der Waals surface area contributed by atoms with E-state index in [-0.39, 0.29) is 17.4 Å². The van der Waals surface area contributed by atoms with Crippen molar-refractivity contribution in [2.45, 2.75) is 59.4 Å². The average Bonchev–Trinajstić information content (AvgIpc) is 2.68. The molecule has 0 bridgehead atoms. The Hall–Kier alpha value is -1.41. The molecule has 0 aliphatic rings. The fraction of sp³-hybridized carbons (Fsp3) is 0.750. The quantitative estimate of drug-likeness (QED) is 0.704. The number of carboxylic acids is 1. The van der Waals surface area contributed by atoms with Gasteiger partial charge in [-0.25, -0.2) is 13.1 Å². The zero-order valence-electron chi connectivity index (χ0n) is 15.3. The minimum absolute atomic E-state index is 0.121. The first-order valence-electron chi connectivity index (χ1n) is 8.22. The van der Waals surface area contributed by atoms with Gasteiger partial charge in [0, 0.05) is 13.1 Å². The van der Waals surface area contributed by atoms with Crippen molar-refractivity contribution in [2.75, 3.05) is 6.54 Å². The molecule has 1 unspecified atom stereocenters. The summed E-state index contributed by atoms with van der Waals surface area (Å²) >= 11 is 0. The number of carbonyl (C=O) groups is 1. The molecule has 24 heavy (non-hydrogen) atoms. The number of hydrogen-bond donors (Lipinski definition) is 2. The number of aliphatic carboxylic acids is 1. The molecule has 8 heteroatoms. The summed E-state index contributed by atoms with van der Waals surface area (Å²) in [4.78, 5) is 11.4. The number of aromatic nitrogens is 2. The van der Waals surface area contributed by atoms with E-state index in [1.807, 2.05) is 27.7 Å². The fourth-order valence-electron chi connectivity index (χ4n) is 2.72. The lowest BCUT2D eigenvalue weighted by atomic mass is 9.98. The van der Waals surface area contributed by atoms with Crippen LogP contribution in [0.2, 0.25) is 0 Å². The first-order valence-corrected chi connectivity index (χ1v) is 9.70. The molecular weight excluding hydrogens is 330 g/mol. The van der Waals surface area contributed by atoms with E-state index in [1.54, 1.807) is 18.5 Å². The van der Waals surface area contributed by atoms with Crippen LogP contribution in [0.5, 0.6) is 0 Å². The zero-order valence-corrected chi connectivity index (χ0v) is 16.1. The third kappa shape index (κ3) is 5.31. The molecule has 138 valence electrons. The van der Waals surface area contributed by atoms with Crippen LogP contribution >= 0.6 is 0 Å². The lowest BCUT2D eigenvalue weighted by molar-refractivity contribution is -0.142. The summed E-state index contributed by atoms with van der Waals surface area (Å²) in [6, 6.07) is 0. The van der Waals surface area contributed by atoms with E-state index < -0.39 is 21.9 Å². The van der Waals surface area contributed by atoms with Gasteiger partial charge in [0.15, 0.2) is 0 Å². The molecule has 0 radical (unpaired) electrons. The van der Waals surface area contributed by atoms with Gasteiger partial charge in [-0.2, -0.15) is 5.10 Å². The van der Waals surface area contributed by atoms with Crippen molar-refractivity contribution in [2.24, 2.45) is 17.8 Å². The van der Waals surface area contributed by atoms with Gasteiger partial charge in [0.1, 0.15) is 4.90 Å². The molecule has 0 fully saturated rings. The van der Waals surface area contributed by atoms with Gasteiger partial charge in [0.25, 0.3) is 0 Å².